The van der Waals surface area contributed by atoms with Crippen molar-refractivity contribution in [1.29, 1.82) is 0 Å². The molecule has 0 aliphatic carbocycles. The van der Waals surface area contributed by atoms with Crippen LogP contribution in [0.25, 0.3) is 11.4 Å². The van der Waals surface area contributed by atoms with Crippen molar-refractivity contribution in [2.75, 3.05) is 0 Å². The molecule has 0 spiro atoms. The van der Waals surface area contributed by atoms with Crippen LogP contribution in [0.5, 0.6) is 0 Å². The van der Waals surface area contributed by atoms with Crippen molar-refractivity contribution < 1.29 is 4.79 Å². The van der Waals surface area contributed by atoms with Crippen LogP contribution in [0, 0.1) is 0 Å². The zero-order valence-corrected chi connectivity index (χ0v) is 17.4. The maximum atomic E-state index is 12.3. The van der Waals surface area contributed by atoms with E-state index < -0.39 is 0 Å². The van der Waals surface area contributed by atoms with Crippen molar-refractivity contribution in [1.82, 2.24) is 25.6 Å². The van der Waals surface area contributed by atoms with E-state index in [1.54, 1.807) is 18.3 Å². The summed E-state index contributed by atoms with van der Waals surface area (Å²) in [5.41, 5.74) is 5.80. The first-order chi connectivity index (χ1) is 14.7. The average Bonchev–Trinajstić information content (AvgIpc) is 3.25. The predicted octanol–water partition coefficient (Wildman–Crippen LogP) is 3.91. The summed E-state index contributed by atoms with van der Waals surface area (Å²) in [5.74, 6) is 0.296. The van der Waals surface area contributed by atoms with Crippen LogP contribution in [-0.2, 0) is 6.54 Å². The topological polar surface area (TPSA) is 85.1 Å². The standard InChI is InChI=1S/C22H17BrN6O/c23-20-9-5-4-8-19(20)14-24-26-22(30)18-12-10-16(11-13-18)15-29-27-21(25-28-29)17-6-2-1-3-7-17/h1-14H,15H2,(H,26,30)/b24-14+. The first-order valence-corrected chi connectivity index (χ1v) is 9.98. The van der Waals surface area contributed by atoms with Crippen LogP contribution in [0.2, 0.25) is 0 Å². The molecule has 0 fully saturated rings. The van der Waals surface area contributed by atoms with E-state index in [0.717, 1.165) is 21.2 Å². The molecule has 0 aliphatic rings. The molecule has 4 aromatic rings. The number of nitrogens with zero attached hydrogens (tertiary/aromatic N) is 5. The first-order valence-electron chi connectivity index (χ1n) is 9.19. The average molecular weight is 461 g/mol. The monoisotopic (exact) mass is 460 g/mol. The van der Waals surface area contributed by atoms with Crippen LogP contribution >= 0.6 is 15.9 Å². The maximum absolute atomic E-state index is 12.3. The summed E-state index contributed by atoms with van der Waals surface area (Å²) in [6.07, 6.45) is 1.59. The summed E-state index contributed by atoms with van der Waals surface area (Å²) in [5, 5.41) is 16.6. The van der Waals surface area contributed by atoms with E-state index in [1.165, 1.54) is 4.80 Å². The molecule has 0 aliphatic heterocycles. The number of benzene rings is 3. The zero-order valence-electron chi connectivity index (χ0n) is 15.8. The summed E-state index contributed by atoms with van der Waals surface area (Å²) in [6, 6.07) is 24.5. The Bertz CT molecular complexity index is 1170. The number of rotatable bonds is 6. The number of carbonyl (C=O) groups is 1. The fourth-order valence-corrected chi connectivity index (χ4v) is 3.13. The van der Waals surface area contributed by atoms with Gasteiger partial charge in [-0.3, -0.25) is 4.79 Å². The molecule has 1 heterocycles. The minimum atomic E-state index is -0.282. The van der Waals surface area contributed by atoms with Crippen LogP contribution in [0.15, 0.2) is 88.4 Å². The predicted molar refractivity (Wildman–Crippen MR) is 118 cm³/mol. The number of nitrogens with one attached hydrogen (secondary N) is 1. The molecule has 0 saturated heterocycles. The molecular formula is C22H17BrN6O. The third-order valence-corrected chi connectivity index (χ3v) is 5.02. The van der Waals surface area contributed by atoms with Gasteiger partial charge in [0.25, 0.3) is 5.91 Å². The molecule has 4 rings (SSSR count). The second kappa shape index (κ2) is 9.23. The van der Waals surface area contributed by atoms with Gasteiger partial charge in [0.1, 0.15) is 0 Å². The van der Waals surface area contributed by atoms with Gasteiger partial charge in [-0.1, -0.05) is 76.6 Å². The molecule has 7 nitrogen and oxygen atoms in total. The largest absolute Gasteiger partial charge is 0.271 e. The van der Waals surface area contributed by atoms with Gasteiger partial charge in [-0.15, -0.1) is 10.2 Å². The van der Waals surface area contributed by atoms with E-state index in [1.807, 2.05) is 66.7 Å². The Morgan fingerprint density at radius 2 is 1.73 bits per heavy atom. The highest BCUT2D eigenvalue weighted by atomic mass is 79.9. The second-order valence-electron chi connectivity index (χ2n) is 6.43. The highest BCUT2D eigenvalue weighted by molar-refractivity contribution is 9.10. The molecule has 1 N–H and O–H groups in total. The van der Waals surface area contributed by atoms with Gasteiger partial charge >= 0.3 is 0 Å². The molecule has 148 valence electrons. The van der Waals surface area contributed by atoms with Gasteiger partial charge in [-0.05, 0) is 29.0 Å². The third kappa shape index (κ3) is 4.84. The lowest BCUT2D eigenvalue weighted by Crippen LogP contribution is -2.17. The van der Waals surface area contributed by atoms with Crippen molar-refractivity contribution in [2.45, 2.75) is 6.54 Å². The number of hydrogen-bond acceptors (Lipinski definition) is 5. The Kier molecular flexibility index (Phi) is 6.05. The molecule has 8 heteroatoms. The fraction of sp³-hybridized carbons (Fsp3) is 0.0455. The summed E-state index contributed by atoms with van der Waals surface area (Å²) in [4.78, 5) is 13.8. The van der Waals surface area contributed by atoms with Gasteiger partial charge in [0.2, 0.25) is 5.82 Å². The van der Waals surface area contributed by atoms with Crippen LogP contribution in [0.1, 0.15) is 21.5 Å². The number of halogens is 1. The molecule has 0 unspecified atom stereocenters. The lowest BCUT2D eigenvalue weighted by atomic mass is 10.1. The fourth-order valence-electron chi connectivity index (χ4n) is 2.74. The maximum Gasteiger partial charge on any atom is 0.271 e. The van der Waals surface area contributed by atoms with E-state index in [-0.39, 0.29) is 5.91 Å². The zero-order chi connectivity index (χ0) is 20.8. The number of hydrazone groups is 1. The Labute approximate surface area is 181 Å². The van der Waals surface area contributed by atoms with Crippen molar-refractivity contribution in [3.8, 4) is 11.4 Å². The highest BCUT2D eigenvalue weighted by Gasteiger charge is 2.07. The van der Waals surface area contributed by atoms with Crippen molar-refractivity contribution in [3.05, 3.63) is 100 Å². The highest BCUT2D eigenvalue weighted by Crippen LogP contribution is 2.14. The van der Waals surface area contributed by atoms with E-state index >= 15 is 0 Å². The van der Waals surface area contributed by atoms with E-state index in [0.29, 0.717) is 17.9 Å². The molecule has 1 amide bonds. The summed E-state index contributed by atoms with van der Waals surface area (Å²) in [6.45, 7) is 0.460. The van der Waals surface area contributed by atoms with Crippen LogP contribution < -0.4 is 5.43 Å². The molecule has 3 aromatic carbocycles. The van der Waals surface area contributed by atoms with Crippen LogP contribution in [0.3, 0.4) is 0 Å². The van der Waals surface area contributed by atoms with Crippen LogP contribution in [-0.4, -0.2) is 32.3 Å². The molecule has 0 atom stereocenters. The Morgan fingerprint density at radius 3 is 2.50 bits per heavy atom. The number of aromatic nitrogens is 4. The van der Waals surface area contributed by atoms with Crippen molar-refractivity contribution >= 4 is 28.1 Å². The van der Waals surface area contributed by atoms with Gasteiger partial charge in [-0.2, -0.15) is 9.90 Å². The van der Waals surface area contributed by atoms with Crippen molar-refractivity contribution in [2.24, 2.45) is 5.10 Å². The lowest BCUT2D eigenvalue weighted by Gasteiger charge is -2.03. The molecule has 0 radical (unpaired) electrons. The van der Waals surface area contributed by atoms with Gasteiger partial charge in [-0.25, -0.2) is 5.43 Å². The summed E-state index contributed by atoms with van der Waals surface area (Å²) >= 11 is 3.44. The van der Waals surface area contributed by atoms with Gasteiger partial charge < -0.3 is 0 Å². The SMILES string of the molecule is O=C(N/N=C/c1ccccc1Br)c1ccc(Cn2nnc(-c3ccccc3)n2)cc1. The number of hydrogen-bond donors (Lipinski definition) is 1. The van der Waals surface area contributed by atoms with Gasteiger partial charge in [0.15, 0.2) is 0 Å². The quantitative estimate of drug-likeness (QED) is 0.349. The number of tetrazole rings is 1. The number of amides is 1. The van der Waals surface area contributed by atoms with E-state index in [2.05, 4.69) is 41.9 Å². The Balaban J connectivity index is 1.36. The minimum Gasteiger partial charge on any atom is -0.267 e. The van der Waals surface area contributed by atoms with Gasteiger partial charge in [0.05, 0.1) is 12.8 Å². The van der Waals surface area contributed by atoms with Gasteiger partial charge in [0, 0.05) is 21.2 Å². The lowest BCUT2D eigenvalue weighted by molar-refractivity contribution is 0.0955. The van der Waals surface area contributed by atoms with E-state index in [9.17, 15) is 4.79 Å². The molecule has 30 heavy (non-hydrogen) atoms. The third-order valence-electron chi connectivity index (χ3n) is 4.30. The Hall–Kier alpha value is -3.65. The molecular weight excluding hydrogens is 444 g/mol. The summed E-state index contributed by atoms with van der Waals surface area (Å²) in [7, 11) is 0. The van der Waals surface area contributed by atoms with E-state index in [4.69, 9.17) is 0 Å². The first kappa shape index (κ1) is 19.7. The summed E-state index contributed by atoms with van der Waals surface area (Å²) < 4.78 is 0.907. The second-order valence-corrected chi connectivity index (χ2v) is 7.28. The Morgan fingerprint density at radius 1 is 1.00 bits per heavy atom. The minimum absolute atomic E-state index is 0.282. The number of carbonyl (C=O) groups excluding carboxylic acids is 1. The van der Waals surface area contributed by atoms with Crippen molar-refractivity contribution in [3.63, 3.8) is 0 Å². The normalized spacial score (nSPS) is 11.0. The van der Waals surface area contributed by atoms with Crippen LogP contribution in [0.4, 0.5) is 0 Å². The smallest absolute Gasteiger partial charge is 0.267 e. The molecule has 0 saturated carbocycles. The molecule has 0 bridgehead atoms. The molecule has 1 aromatic heterocycles.